The van der Waals surface area contributed by atoms with E-state index >= 15 is 0 Å². The van der Waals surface area contributed by atoms with E-state index in [2.05, 4.69) is 25.4 Å². The molecule has 0 atom stereocenters. The Morgan fingerprint density at radius 1 is 1.09 bits per heavy atom. The Hall–Kier alpha value is -4.24. The second-order valence-electron chi connectivity index (χ2n) is 8.54. The molecule has 2 N–H and O–H groups in total. The minimum atomic E-state index is -0.00151. The standard InChI is InChI=1S/C25H26N8O/c1-31(2)12-13-32(3)25(34)17-6-8-20(9-7-17)28-23-24-26-10-11-33(24)16-22(29-23)18-4-5-19-15-27-30-21(19)14-18/h4-11,14-16H,12-13H2,1-3H3,(H,27,30)(H,28,29). The number of likely N-dealkylation sites (N-methyl/N-ethyl adjacent to an activating group) is 2. The highest BCUT2D eigenvalue weighted by Gasteiger charge is 2.13. The molecule has 0 radical (unpaired) electrons. The van der Waals surface area contributed by atoms with Gasteiger partial charge in [0.1, 0.15) is 0 Å². The van der Waals surface area contributed by atoms with Crippen LogP contribution in [0.15, 0.2) is 67.3 Å². The number of amides is 1. The molecule has 5 rings (SSSR count). The molecule has 0 aliphatic carbocycles. The van der Waals surface area contributed by atoms with Gasteiger partial charge in [-0.1, -0.05) is 12.1 Å². The molecule has 9 heteroatoms. The van der Waals surface area contributed by atoms with E-state index in [9.17, 15) is 4.79 Å². The van der Waals surface area contributed by atoms with Crippen molar-refractivity contribution in [2.75, 3.05) is 39.5 Å². The van der Waals surface area contributed by atoms with E-state index in [0.29, 0.717) is 17.9 Å². The van der Waals surface area contributed by atoms with E-state index in [1.54, 1.807) is 17.3 Å². The van der Waals surface area contributed by atoms with Crippen molar-refractivity contribution in [2.24, 2.45) is 0 Å². The highest BCUT2D eigenvalue weighted by Crippen LogP contribution is 2.26. The SMILES string of the molecule is CN(C)CCN(C)C(=O)c1ccc(Nc2nc(-c3ccc4cn[nH]c4c3)cn3ccnc23)cc1. The number of nitrogens with one attached hydrogen (secondary N) is 2. The quantitative estimate of drug-likeness (QED) is 0.390. The second kappa shape index (κ2) is 8.95. The van der Waals surface area contributed by atoms with Crippen LogP contribution >= 0.6 is 0 Å². The Morgan fingerprint density at radius 3 is 2.71 bits per heavy atom. The van der Waals surface area contributed by atoms with Gasteiger partial charge in [-0.2, -0.15) is 5.10 Å². The Kier molecular flexibility index (Phi) is 5.69. The number of rotatable bonds is 7. The lowest BCUT2D eigenvalue weighted by molar-refractivity contribution is 0.0786. The summed E-state index contributed by atoms with van der Waals surface area (Å²) in [5.74, 6) is 0.632. The van der Waals surface area contributed by atoms with Gasteiger partial charge in [0, 0.05) is 60.9 Å². The van der Waals surface area contributed by atoms with Gasteiger partial charge in [-0.15, -0.1) is 0 Å². The first-order valence-corrected chi connectivity index (χ1v) is 11.0. The molecular formula is C25H26N8O. The summed E-state index contributed by atoms with van der Waals surface area (Å²) in [6.07, 6.45) is 7.39. The number of aromatic nitrogens is 5. The Bertz CT molecular complexity index is 1450. The summed E-state index contributed by atoms with van der Waals surface area (Å²) in [7, 11) is 5.81. The van der Waals surface area contributed by atoms with E-state index in [1.807, 2.05) is 80.4 Å². The van der Waals surface area contributed by atoms with E-state index in [0.717, 1.165) is 40.0 Å². The number of fused-ring (bicyclic) bond motifs is 2. The summed E-state index contributed by atoms with van der Waals surface area (Å²) < 4.78 is 1.94. The maximum atomic E-state index is 12.7. The van der Waals surface area contributed by atoms with Crippen LogP contribution in [0.1, 0.15) is 10.4 Å². The number of hydrogen-bond acceptors (Lipinski definition) is 6. The van der Waals surface area contributed by atoms with E-state index < -0.39 is 0 Å². The number of anilines is 2. The van der Waals surface area contributed by atoms with E-state index in [-0.39, 0.29) is 5.91 Å². The van der Waals surface area contributed by atoms with Crippen molar-refractivity contribution in [1.29, 1.82) is 0 Å². The topological polar surface area (TPSA) is 94.5 Å². The lowest BCUT2D eigenvalue weighted by Gasteiger charge is -2.19. The van der Waals surface area contributed by atoms with Gasteiger partial charge in [0.2, 0.25) is 0 Å². The third kappa shape index (κ3) is 4.33. The number of benzene rings is 2. The van der Waals surface area contributed by atoms with Crippen molar-refractivity contribution in [1.82, 2.24) is 34.4 Å². The summed E-state index contributed by atoms with van der Waals surface area (Å²) in [5, 5.41) is 11.5. The van der Waals surface area contributed by atoms with Gasteiger partial charge in [0.05, 0.1) is 17.4 Å². The van der Waals surface area contributed by atoms with Crippen LogP contribution in [-0.2, 0) is 0 Å². The molecule has 1 amide bonds. The van der Waals surface area contributed by atoms with Gasteiger partial charge in [-0.3, -0.25) is 9.89 Å². The summed E-state index contributed by atoms with van der Waals surface area (Å²) in [5.41, 5.74) is 4.92. The van der Waals surface area contributed by atoms with Crippen LogP contribution in [0.5, 0.6) is 0 Å². The van der Waals surface area contributed by atoms with Gasteiger partial charge in [0.15, 0.2) is 11.5 Å². The first kappa shape index (κ1) is 21.6. The molecule has 3 heterocycles. The lowest BCUT2D eigenvalue weighted by atomic mass is 10.1. The van der Waals surface area contributed by atoms with E-state index in [4.69, 9.17) is 4.98 Å². The smallest absolute Gasteiger partial charge is 0.253 e. The van der Waals surface area contributed by atoms with Crippen LogP contribution in [0.3, 0.4) is 0 Å². The fourth-order valence-corrected chi connectivity index (χ4v) is 3.76. The number of carbonyl (C=O) groups excluding carboxylic acids is 1. The van der Waals surface area contributed by atoms with Crippen LogP contribution in [0.25, 0.3) is 27.8 Å². The molecule has 0 spiro atoms. The molecular weight excluding hydrogens is 428 g/mol. The van der Waals surface area contributed by atoms with Gasteiger partial charge >= 0.3 is 0 Å². The number of H-pyrrole nitrogens is 1. The van der Waals surface area contributed by atoms with Crippen molar-refractivity contribution < 1.29 is 4.79 Å². The zero-order valence-electron chi connectivity index (χ0n) is 19.4. The zero-order valence-corrected chi connectivity index (χ0v) is 19.4. The summed E-state index contributed by atoms with van der Waals surface area (Å²) in [6, 6.07) is 13.5. The molecule has 5 aromatic rings. The fourth-order valence-electron chi connectivity index (χ4n) is 3.76. The first-order chi connectivity index (χ1) is 16.5. The van der Waals surface area contributed by atoms with Crippen molar-refractivity contribution in [3.63, 3.8) is 0 Å². The normalized spacial score (nSPS) is 11.4. The van der Waals surface area contributed by atoms with Crippen molar-refractivity contribution in [3.8, 4) is 11.3 Å². The third-order valence-electron chi connectivity index (χ3n) is 5.74. The minimum absolute atomic E-state index is 0.00151. The van der Waals surface area contributed by atoms with Crippen molar-refractivity contribution in [3.05, 3.63) is 72.8 Å². The van der Waals surface area contributed by atoms with Crippen LogP contribution in [-0.4, -0.2) is 74.5 Å². The molecule has 0 unspecified atom stereocenters. The molecule has 34 heavy (non-hydrogen) atoms. The molecule has 0 fully saturated rings. The Morgan fingerprint density at radius 2 is 1.91 bits per heavy atom. The predicted octanol–water partition coefficient (Wildman–Crippen LogP) is 3.65. The molecule has 172 valence electrons. The summed E-state index contributed by atoms with van der Waals surface area (Å²) in [6.45, 7) is 1.49. The van der Waals surface area contributed by atoms with Crippen LogP contribution < -0.4 is 5.32 Å². The van der Waals surface area contributed by atoms with Gasteiger partial charge < -0.3 is 19.5 Å². The van der Waals surface area contributed by atoms with Crippen molar-refractivity contribution in [2.45, 2.75) is 0 Å². The van der Waals surface area contributed by atoms with Crippen LogP contribution in [0.4, 0.5) is 11.5 Å². The molecule has 0 saturated heterocycles. The number of imidazole rings is 1. The lowest BCUT2D eigenvalue weighted by Crippen LogP contribution is -2.33. The highest BCUT2D eigenvalue weighted by atomic mass is 16.2. The summed E-state index contributed by atoms with van der Waals surface area (Å²) >= 11 is 0. The average Bonchev–Trinajstić information content (AvgIpc) is 3.51. The molecule has 0 aliphatic heterocycles. The summed E-state index contributed by atoms with van der Waals surface area (Å²) in [4.78, 5) is 25.8. The van der Waals surface area contributed by atoms with E-state index in [1.165, 1.54) is 0 Å². The van der Waals surface area contributed by atoms with Crippen LogP contribution in [0.2, 0.25) is 0 Å². The number of nitrogens with zero attached hydrogens (tertiary/aromatic N) is 6. The number of hydrogen-bond donors (Lipinski definition) is 2. The average molecular weight is 455 g/mol. The maximum absolute atomic E-state index is 12.7. The Balaban J connectivity index is 1.40. The molecule has 3 aromatic heterocycles. The second-order valence-corrected chi connectivity index (χ2v) is 8.54. The van der Waals surface area contributed by atoms with Crippen molar-refractivity contribution >= 4 is 34.0 Å². The first-order valence-electron chi connectivity index (χ1n) is 11.0. The van der Waals surface area contributed by atoms with Crippen LogP contribution in [0, 0.1) is 0 Å². The molecule has 0 saturated carbocycles. The maximum Gasteiger partial charge on any atom is 0.253 e. The minimum Gasteiger partial charge on any atom is -0.340 e. The number of carbonyl (C=O) groups is 1. The molecule has 0 aliphatic rings. The third-order valence-corrected chi connectivity index (χ3v) is 5.74. The molecule has 2 aromatic carbocycles. The van der Waals surface area contributed by atoms with Gasteiger partial charge in [0.25, 0.3) is 5.91 Å². The number of aromatic amines is 1. The monoisotopic (exact) mass is 454 g/mol. The zero-order chi connectivity index (χ0) is 23.7. The van der Waals surface area contributed by atoms with Gasteiger partial charge in [-0.05, 0) is 44.4 Å². The largest absolute Gasteiger partial charge is 0.340 e. The Labute approximate surface area is 197 Å². The molecule has 9 nitrogen and oxygen atoms in total. The molecule has 0 bridgehead atoms. The predicted molar refractivity (Wildman–Crippen MR) is 133 cm³/mol. The highest BCUT2D eigenvalue weighted by molar-refractivity contribution is 5.94. The fraction of sp³-hybridized carbons (Fsp3) is 0.200. The van der Waals surface area contributed by atoms with Gasteiger partial charge in [-0.25, -0.2) is 9.97 Å².